The highest BCUT2D eigenvalue weighted by Gasteiger charge is 2.35. The van der Waals surface area contributed by atoms with E-state index < -0.39 is 0 Å². The van der Waals surface area contributed by atoms with Crippen LogP contribution in [0.5, 0.6) is 0 Å². The van der Waals surface area contributed by atoms with E-state index in [2.05, 4.69) is 109 Å². The molecule has 0 saturated heterocycles. The van der Waals surface area contributed by atoms with Gasteiger partial charge >= 0.3 is 0 Å². The minimum absolute atomic E-state index is 0.142. The summed E-state index contributed by atoms with van der Waals surface area (Å²) in [4.78, 5) is 0. The van der Waals surface area contributed by atoms with Gasteiger partial charge in [-0.15, -0.1) is 0 Å². The van der Waals surface area contributed by atoms with Gasteiger partial charge in [0.15, 0.2) is 0 Å². The maximum Gasteiger partial charge on any atom is 0.0202 e. The molecule has 0 aromatic heterocycles. The van der Waals surface area contributed by atoms with Crippen LogP contribution >= 0.6 is 0 Å². The van der Waals surface area contributed by atoms with Crippen LogP contribution < -0.4 is 0 Å². The smallest absolute Gasteiger partial charge is 0.0202 e. The van der Waals surface area contributed by atoms with Gasteiger partial charge in [0.25, 0.3) is 0 Å². The van der Waals surface area contributed by atoms with Crippen molar-refractivity contribution >= 4 is 0 Å². The lowest BCUT2D eigenvalue weighted by Crippen LogP contribution is -2.30. The molecule has 0 unspecified atom stereocenters. The van der Waals surface area contributed by atoms with E-state index in [0.29, 0.717) is 0 Å². The van der Waals surface area contributed by atoms with Gasteiger partial charge in [0.1, 0.15) is 0 Å². The Labute approximate surface area is 180 Å². The lowest BCUT2D eigenvalue weighted by atomic mass is 9.65. The van der Waals surface area contributed by atoms with Gasteiger partial charge in [-0.2, -0.15) is 0 Å². The van der Waals surface area contributed by atoms with Gasteiger partial charge in [-0.05, 0) is 46.2 Å². The molecule has 1 aliphatic carbocycles. The van der Waals surface area contributed by atoms with Gasteiger partial charge in [-0.3, -0.25) is 0 Å². The lowest BCUT2D eigenvalue weighted by Gasteiger charge is -2.39. The largest absolute Gasteiger partial charge is 0.0622 e. The number of hydrogen-bond donors (Lipinski definition) is 0. The Bertz CT molecular complexity index is 983. The van der Waals surface area contributed by atoms with Crippen molar-refractivity contribution in [3.8, 4) is 22.3 Å². The molecule has 1 aliphatic rings. The summed E-state index contributed by atoms with van der Waals surface area (Å²) in [6.45, 7) is 0. The van der Waals surface area contributed by atoms with E-state index in [-0.39, 0.29) is 5.41 Å². The van der Waals surface area contributed by atoms with E-state index in [1.807, 2.05) is 0 Å². The predicted octanol–water partition coefficient (Wildman–Crippen LogP) is 8.27. The maximum atomic E-state index is 2.37. The van der Waals surface area contributed by atoms with Crippen LogP contribution in [0.25, 0.3) is 22.3 Å². The Kier molecular flexibility index (Phi) is 5.24. The van der Waals surface area contributed by atoms with Crippen LogP contribution in [0, 0.1) is 0 Å². The van der Waals surface area contributed by atoms with E-state index in [1.165, 1.54) is 65.5 Å². The molecule has 0 aliphatic heterocycles. The molecule has 0 heteroatoms. The van der Waals surface area contributed by atoms with E-state index in [9.17, 15) is 0 Å². The Morgan fingerprint density at radius 2 is 0.733 bits per heavy atom. The molecule has 1 fully saturated rings. The van der Waals surface area contributed by atoms with Crippen molar-refractivity contribution in [1.29, 1.82) is 0 Å². The summed E-state index contributed by atoms with van der Waals surface area (Å²) < 4.78 is 0. The zero-order valence-electron chi connectivity index (χ0n) is 17.4. The first-order chi connectivity index (χ1) is 14.9. The molecule has 5 rings (SSSR count). The summed E-state index contributed by atoms with van der Waals surface area (Å²) in [5.41, 5.74) is 8.24. The molecule has 0 bridgehead atoms. The fourth-order valence-corrected chi connectivity index (χ4v) is 5.12. The van der Waals surface area contributed by atoms with Crippen molar-refractivity contribution in [2.24, 2.45) is 0 Å². The van der Waals surface area contributed by atoms with Crippen molar-refractivity contribution < 1.29 is 0 Å². The quantitative estimate of drug-likeness (QED) is 0.330. The molecule has 30 heavy (non-hydrogen) atoms. The third kappa shape index (κ3) is 3.59. The SMILES string of the molecule is c1ccc(-c2ccc(C3(c4ccc(-c5ccccc5)cc4)CCCCC3)cc2)cc1. The Morgan fingerprint density at radius 1 is 0.367 bits per heavy atom. The van der Waals surface area contributed by atoms with Crippen molar-refractivity contribution in [3.05, 3.63) is 120 Å². The topological polar surface area (TPSA) is 0 Å². The van der Waals surface area contributed by atoms with E-state index in [1.54, 1.807) is 0 Å². The molecule has 0 amide bonds. The minimum atomic E-state index is 0.142. The summed E-state index contributed by atoms with van der Waals surface area (Å²) in [6.07, 6.45) is 6.44. The van der Waals surface area contributed by atoms with Crippen LogP contribution in [0.3, 0.4) is 0 Å². The molecule has 4 aromatic rings. The lowest BCUT2D eigenvalue weighted by molar-refractivity contribution is 0.346. The highest BCUT2D eigenvalue weighted by Crippen LogP contribution is 2.45. The molecule has 0 heterocycles. The average Bonchev–Trinajstić information content (AvgIpc) is 2.86. The van der Waals surface area contributed by atoms with Gasteiger partial charge in [0, 0.05) is 5.41 Å². The van der Waals surface area contributed by atoms with Crippen LogP contribution in [-0.4, -0.2) is 0 Å². The number of benzene rings is 4. The second kappa shape index (κ2) is 8.32. The van der Waals surface area contributed by atoms with Crippen molar-refractivity contribution in [2.75, 3.05) is 0 Å². The second-order valence-corrected chi connectivity index (χ2v) is 8.53. The maximum absolute atomic E-state index is 2.37. The molecule has 0 N–H and O–H groups in total. The monoisotopic (exact) mass is 388 g/mol. The van der Waals surface area contributed by atoms with Crippen molar-refractivity contribution in [1.82, 2.24) is 0 Å². The Balaban J connectivity index is 1.51. The third-order valence-electron chi connectivity index (χ3n) is 6.80. The van der Waals surface area contributed by atoms with E-state index in [0.717, 1.165) is 0 Å². The van der Waals surface area contributed by atoms with E-state index >= 15 is 0 Å². The Hall–Kier alpha value is -3.12. The molecule has 4 aromatic carbocycles. The Morgan fingerprint density at radius 3 is 1.13 bits per heavy atom. The number of rotatable bonds is 4. The first-order valence-electron chi connectivity index (χ1n) is 11.2. The molecular weight excluding hydrogens is 360 g/mol. The summed E-state index contributed by atoms with van der Waals surface area (Å²) in [5.74, 6) is 0. The standard InChI is InChI=1S/C30H28/c1-4-10-24(11-5-1)26-14-18-28(19-15-26)30(22-8-3-9-23-30)29-20-16-27(17-21-29)25-12-6-2-7-13-25/h1-2,4-7,10-21H,3,8-9,22-23H2. The van der Waals surface area contributed by atoms with Gasteiger partial charge in [-0.1, -0.05) is 128 Å². The van der Waals surface area contributed by atoms with Crippen LogP contribution in [0.2, 0.25) is 0 Å². The molecule has 0 nitrogen and oxygen atoms in total. The fraction of sp³-hybridized carbons (Fsp3) is 0.200. The summed E-state index contributed by atoms with van der Waals surface area (Å²) >= 11 is 0. The zero-order chi connectivity index (χ0) is 20.2. The molecule has 0 atom stereocenters. The predicted molar refractivity (Wildman–Crippen MR) is 128 cm³/mol. The normalized spacial score (nSPS) is 15.6. The molecular formula is C30H28. The summed E-state index contributed by atoms with van der Waals surface area (Å²) in [5, 5.41) is 0. The number of hydrogen-bond acceptors (Lipinski definition) is 0. The third-order valence-corrected chi connectivity index (χ3v) is 6.80. The highest BCUT2D eigenvalue weighted by molar-refractivity contribution is 5.65. The summed E-state index contributed by atoms with van der Waals surface area (Å²) in [6, 6.07) is 40.1. The molecule has 0 spiro atoms. The average molecular weight is 389 g/mol. The van der Waals surface area contributed by atoms with Crippen molar-refractivity contribution in [3.63, 3.8) is 0 Å². The van der Waals surface area contributed by atoms with E-state index in [4.69, 9.17) is 0 Å². The van der Waals surface area contributed by atoms with Gasteiger partial charge in [-0.25, -0.2) is 0 Å². The zero-order valence-corrected chi connectivity index (χ0v) is 17.4. The van der Waals surface area contributed by atoms with Gasteiger partial charge < -0.3 is 0 Å². The van der Waals surface area contributed by atoms with Crippen LogP contribution in [0.15, 0.2) is 109 Å². The molecule has 148 valence electrons. The van der Waals surface area contributed by atoms with Crippen LogP contribution in [0.4, 0.5) is 0 Å². The van der Waals surface area contributed by atoms with Gasteiger partial charge in [0.05, 0.1) is 0 Å². The van der Waals surface area contributed by atoms with Crippen LogP contribution in [-0.2, 0) is 5.41 Å². The fourth-order valence-electron chi connectivity index (χ4n) is 5.12. The van der Waals surface area contributed by atoms with Gasteiger partial charge in [0.2, 0.25) is 0 Å². The first kappa shape index (κ1) is 18.9. The highest BCUT2D eigenvalue weighted by atomic mass is 14.4. The van der Waals surface area contributed by atoms with Crippen LogP contribution in [0.1, 0.15) is 43.2 Å². The first-order valence-corrected chi connectivity index (χ1v) is 11.2. The molecule has 1 saturated carbocycles. The van der Waals surface area contributed by atoms with Crippen molar-refractivity contribution in [2.45, 2.75) is 37.5 Å². The molecule has 0 radical (unpaired) electrons. The summed E-state index contributed by atoms with van der Waals surface area (Å²) in [7, 11) is 0. The second-order valence-electron chi connectivity index (χ2n) is 8.53. The minimum Gasteiger partial charge on any atom is -0.0622 e.